The lowest BCUT2D eigenvalue weighted by atomic mass is 10.3. The number of fused-ring (bicyclic) bond motifs is 1. The van der Waals surface area contributed by atoms with Gasteiger partial charge in [0.1, 0.15) is 22.1 Å². The summed E-state index contributed by atoms with van der Waals surface area (Å²) >= 11 is 0. The maximum absolute atomic E-state index is 10.6. The van der Waals surface area contributed by atoms with Gasteiger partial charge in [-0.05, 0) is 30.7 Å². The Morgan fingerprint density at radius 2 is 2.21 bits per heavy atom. The Morgan fingerprint density at radius 3 is 2.89 bits per heavy atom. The minimum absolute atomic E-state index is 0.283. The van der Waals surface area contributed by atoms with Crippen molar-refractivity contribution in [2.24, 2.45) is 0 Å². The molecule has 0 aliphatic heterocycles. The largest absolute Gasteiger partial charge is 0.433 e. The van der Waals surface area contributed by atoms with E-state index in [4.69, 9.17) is 10.2 Å². The first kappa shape index (κ1) is 11.3. The summed E-state index contributed by atoms with van der Waals surface area (Å²) < 4.78 is 6.82. The molecule has 0 atom stereocenters. The predicted molar refractivity (Wildman–Crippen MR) is 68.7 cm³/mol. The van der Waals surface area contributed by atoms with E-state index in [-0.39, 0.29) is 11.6 Å². The lowest BCUT2D eigenvalue weighted by Gasteiger charge is -1.96. The van der Waals surface area contributed by atoms with Gasteiger partial charge in [-0.15, -0.1) is 0 Å². The molecular weight excluding hydrogens is 248 g/mol. The Kier molecular flexibility index (Phi) is 2.28. The van der Waals surface area contributed by atoms with Gasteiger partial charge in [-0.3, -0.25) is 14.5 Å². The van der Waals surface area contributed by atoms with Crippen molar-refractivity contribution in [1.29, 1.82) is 0 Å². The minimum Gasteiger partial charge on any atom is -0.399 e. The summed E-state index contributed by atoms with van der Waals surface area (Å²) in [5.74, 6) is 0.340. The van der Waals surface area contributed by atoms with E-state index >= 15 is 0 Å². The zero-order valence-electron chi connectivity index (χ0n) is 10.0. The maximum Gasteiger partial charge on any atom is 0.433 e. The van der Waals surface area contributed by atoms with Crippen molar-refractivity contribution in [3.05, 3.63) is 46.1 Å². The Morgan fingerprint density at radius 1 is 1.42 bits per heavy atom. The average Bonchev–Trinajstić information content (AvgIpc) is 2.94. The van der Waals surface area contributed by atoms with Gasteiger partial charge in [0.2, 0.25) is 0 Å². The number of rotatable bonds is 2. The topological polar surface area (TPSA) is 99.6 Å². The standard InChI is InChI=1S/C12H10N4O3/c1-7-4-5-15-9(6-7)14-11(12(15)13)8-2-3-10(19-8)16(17)18/h2-6H,13H2,1H3. The van der Waals surface area contributed by atoms with E-state index in [1.165, 1.54) is 12.1 Å². The van der Waals surface area contributed by atoms with E-state index in [2.05, 4.69) is 4.98 Å². The van der Waals surface area contributed by atoms with Crippen LogP contribution in [-0.4, -0.2) is 14.3 Å². The molecule has 0 unspecified atom stereocenters. The third-order valence-corrected chi connectivity index (χ3v) is 2.82. The van der Waals surface area contributed by atoms with Crippen molar-refractivity contribution in [1.82, 2.24) is 9.38 Å². The molecule has 0 aliphatic rings. The fourth-order valence-electron chi connectivity index (χ4n) is 1.90. The lowest BCUT2D eigenvalue weighted by molar-refractivity contribution is -0.401. The van der Waals surface area contributed by atoms with Crippen LogP contribution >= 0.6 is 0 Å². The monoisotopic (exact) mass is 258 g/mol. The normalized spacial score (nSPS) is 11.0. The summed E-state index contributed by atoms with van der Waals surface area (Å²) in [4.78, 5) is 14.3. The van der Waals surface area contributed by atoms with Crippen molar-refractivity contribution >= 4 is 17.3 Å². The van der Waals surface area contributed by atoms with Gasteiger partial charge in [0.15, 0.2) is 5.76 Å². The highest BCUT2D eigenvalue weighted by Crippen LogP contribution is 2.30. The van der Waals surface area contributed by atoms with Gasteiger partial charge < -0.3 is 10.2 Å². The molecule has 96 valence electrons. The second kappa shape index (κ2) is 3.84. The summed E-state index contributed by atoms with van der Waals surface area (Å²) in [6.45, 7) is 1.95. The molecule has 0 radical (unpaired) electrons. The van der Waals surface area contributed by atoms with E-state index in [9.17, 15) is 10.1 Å². The zero-order valence-corrected chi connectivity index (χ0v) is 10.0. The van der Waals surface area contributed by atoms with Crippen molar-refractivity contribution in [3.8, 4) is 11.5 Å². The lowest BCUT2D eigenvalue weighted by Crippen LogP contribution is -1.93. The Balaban J connectivity index is 2.18. The van der Waals surface area contributed by atoms with Crippen molar-refractivity contribution < 1.29 is 9.34 Å². The third-order valence-electron chi connectivity index (χ3n) is 2.82. The van der Waals surface area contributed by atoms with Crippen molar-refractivity contribution in [3.63, 3.8) is 0 Å². The molecule has 19 heavy (non-hydrogen) atoms. The highest BCUT2D eigenvalue weighted by Gasteiger charge is 2.18. The molecule has 0 saturated carbocycles. The smallest absolute Gasteiger partial charge is 0.399 e. The van der Waals surface area contributed by atoms with Gasteiger partial charge in [0.25, 0.3) is 0 Å². The van der Waals surface area contributed by atoms with Crippen LogP contribution in [0.1, 0.15) is 5.56 Å². The summed E-state index contributed by atoms with van der Waals surface area (Å²) in [5.41, 5.74) is 8.10. The first-order valence-corrected chi connectivity index (χ1v) is 5.55. The van der Waals surface area contributed by atoms with Crippen LogP contribution in [0, 0.1) is 17.0 Å². The number of aromatic nitrogens is 2. The van der Waals surface area contributed by atoms with Crippen molar-refractivity contribution in [2.45, 2.75) is 6.92 Å². The van der Waals surface area contributed by atoms with Gasteiger partial charge in [0.05, 0.1) is 6.07 Å². The number of imidazole rings is 1. The van der Waals surface area contributed by atoms with Crippen molar-refractivity contribution in [2.75, 3.05) is 5.73 Å². The van der Waals surface area contributed by atoms with Gasteiger partial charge in [-0.25, -0.2) is 4.98 Å². The van der Waals surface area contributed by atoms with E-state index in [1.807, 2.05) is 19.1 Å². The zero-order chi connectivity index (χ0) is 13.6. The molecule has 0 bridgehead atoms. The minimum atomic E-state index is -0.598. The number of nitrogens with zero attached hydrogens (tertiary/aromatic N) is 3. The number of nitrogen functional groups attached to an aromatic ring is 1. The number of pyridine rings is 1. The van der Waals surface area contributed by atoms with E-state index in [1.54, 1.807) is 10.6 Å². The number of furan rings is 1. The second-order valence-corrected chi connectivity index (χ2v) is 4.17. The van der Waals surface area contributed by atoms with Gasteiger partial charge in [-0.2, -0.15) is 0 Å². The van der Waals surface area contributed by atoms with Crippen LogP contribution in [-0.2, 0) is 0 Å². The van der Waals surface area contributed by atoms with E-state index in [0.717, 1.165) is 5.56 Å². The first-order chi connectivity index (χ1) is 9.06. The Bertz CT molecular complexity index is 787. The SMILES string of the molecule is Cc1ccn2c(N)c(-c3ccc([N+](=O)[O-])o3)nc2c1. The van der Waals surface area contributed by atoms with Crippen LogP contribution in [0.4, 0.5) is 11.7 Å². The van der Waals surface area contributed by atoms with Gasteiger partial charge >= 0.3 is 5.88 Å². The molecule has 2 N–H and O–H groups in total. The average molecular weight is 258 g/mol. The molecule has 0 aliphatic carbocycles. The molecular formula is C12H10N4O3. The number of aryl methyl sites for hydroxylation is 1. The summed E-state index contributed by atoms with van der Waals surface area (Å²) in [6, 6.07) is 6.55. The molecule has 0 amide bonds. The van der Waals surface area contributed by atoms with Gasteiger partial charge in [-0.1, -0.05) is 0 Å². The number of nitro groups is 1. The molecule has 3 aromatic heterocycles. The maximum atomic E-state index is 10.6. The Labute approximate surface area is 107 Å². The van der Waals surface area contributed by atoms with Crippen LogP contribution in [0.2, 0.25) is 0 Å². The quantitative estimate of drug-likeness (QED) is 0.562. The predicted octanol–water partition coefficient (Wildman–Crippen LogP) is 2.39. The molecule has 3 heterocycles. The molecule has 3 rings (SSSR count). The molecule has 0 aromatic carbocycles. The first-order valence-electron chi connectivity index (χ1n) is 5.55. The molecule has 3 aromatic rings. The van der Waals surface area contributed by atoms with Crippen LogP contribution in [0.5, 0.6) is 0 Å². The second-order valence-electron chi connectivity index (χ2n) is 4.17. The van der Waals surface area contributed by atoms with E-state index in [0.29, 0.717) is 17.2 Å². The molecule has 0 fully saturated rings. The van der Waals surface area contributed by atoms with Crippen LogP contribution in [0.25, 0.3) is 17.1 Å². The highest BCUT2D eigenvalue weighted by atomic mass is 16.6. The third kappa shape index (κ3) is 1.71. The highest BCUT2D eigenvalue weighted by molar-refractivity contribution is 5.72. The summed E-state index contributed by atoms with van der Waals surface area (Å²) in [7, 11) is 0. The fourth-order valence-corrected chi connectivity index (χ4v) is 1.90. The van der Waals surface area contributed by atoms with Crippen LogP contribution in [0.3, 0.4) is 0 Å². The number of hydrogen-bond acceptors (Lipinski definition) is 5. The molecule has 7 heteroatoms. The number of hydrogen-bond donors (Lipinski definition) is 1. The summed E-state index contributed by atoms with van der Waals surface area (Å²) in [6.07, 6.45) is 1.80. The van der Waals surface area contributed by atoms with Gasteiger partial charge in [0, 0.05) is 6.20 Å². The Hall–Kier alpha value is -2.83. The fraction of sp³-hybridized carbons (Fsp3) is 0.0833. The molecule has 0 spiro atoms. The summed E-state index contributed by atoms with van der Waals surface area (Å²) in [5, 5.41) is 10.6. The van der Waals surface area contributed by atoms with E-state index < -0.39 is 4.92 Å². The molecule has 0 saturated heterocycles. The molecule has 7 nitrogen and oxygen atoms in total. The number of anilines is 1. The number of nitrogens with two attached hydrogens (primary N) is 1. The van der Waals surface area contributed by atoms with Crippen LogP contribution in [0.15, 0.2) is 34.9 Å². The van der Waals surface area contributed by atoms with Crippen LogP contribution < -0.4 is 5.73 Å².